The lowest BCUT2D eigenvalue weighted by Crippen LogP contribution is -2.58. The van der Waals surface area contributed by atoms with Gasteiger partial charge in [-0.1, -0.05) is 0 Å². The fourth-order valence-corrected chi connectivity index (χ4v) is 6.53. The Morgan fingerprint density at radius 1 is 0.333 bits per heavy atom. The summed E-state index contributed by atoms with van der Waals surface area (Å²) in [5, 5.41) is 129. The van der Waals surface area contributed by atoms with Gasteiger partial charge in [-0.05, 0) is 25.8 Å². The first-order valence-corrected chi connectivity index (χ1v) is 23.3. The number of nitrogens with zero attached hydrogens (tertiary/aromatic N) is 3. The van der Waals surface area contributed by atoms with Crippen molar-refractivity contribution in [2.24, 2.45) is 34.1 Å². The van der Waals surface area contributed by atoms with Gasteiger partial charge >= 0.3 is 89.5 Å². The van der Waals surface area contributed by atoms with Crippen LogP contribution in [-0.2, 0) is 71.9 Å². The number of nitrogens with two attached hydrogens (primary N) is 5. The van der Waals surface area contributed by atoms with E-state index in [2.05, 4.69) is 0 Å². The molecule has 0 aliphatic rings. The molecular formula is C43H74N8O30. The van der Waals surface area contributed by atoms with E-state index in [-0.39, 0.29) is 45.4 Å². The fraction of sp³-hybridized carbons (Fsp3) is 0.651. The maximum absolute atomic E-state index is 11.0. The van der Waals surface area contributed by atoms with Gasteiger partial charge in [0.15, 0.2) is 0 Å². The first-order chi connectivity index (χ1) is 37.1. The van der Waals surface area contributed by atoms with E-state index in [0.29, 0.717) is 25.8 Å². The van der Waals surface area contributed by atoms with Crippen LogP contribution in [0.5, 0.6) is 0 Å². The molecule has 25 N–H and O–H groups in total. The van der Waals surface area contributed by atoms with Crippen molar-refractivity contribution in [2.75, 3.05) is 65.4 Å². The summed E-state index contributed by atoms with van der Waals surface area (Å²) >= 11 is 0. The van der Waals surface area contributed by atoms with Gasteiger partial charge in [0, 0.05) is 69.0 Å². The number of hydrogen-bond donors (Lipinski definition) is 20. The van der Waals surface area contributed by atoms with Gasteiger partial charge in [0.25, 0.3) is 0 Å². The highest BCUT2D eigenvalue weighted by Gasteiger charge is 2.46. The molecule has 3 atom stereocenters. The standard InChI is InChI=1S/C14H23N3O10.C11H18N2O8.C8H14N2O6.C6H10O4.C4H9NO2/c18-10(19)5-15(1-3-16(6-11(20)21)7-12(22)23)2-4-17(8-13(24)25)9-14(26)27;12-5(1-6(14)15)10(13)11(2-7(16)17,3-8(18)19)4-9(20)21;9-4(1-5(11)12)8(10,2-6(13)14)3-7(15)16;7-5(8)3-1-2-4-6(9)10;5-3-1-2-4(6)7/h1-9H2,(H,18,19)(H,20,21)(H,22,23)(H,24,25)(H,26,27);5,10H,1-4,12-13H2,(H,14,15)(H,16,17)(H,18,19)(H,20,21);4H,1-3,9-10H2,(H,11,12)(H,13,14)(H,15,16);1-4H2,(H,7,8)(H,9,10);1-3,5H2,(H,6,7). The van der Waals surface area contributed by atoms with Crippen LogP contribution in [0, 0.1) is 5.41 Å². The number of carboxylic acid groups (broad SMARTS) is 15. The third-order valence-corrected chi connectivity index (χ3v) is 10.1. The molecule has 0 aromatic carbocycles. The Balaban J connectivity index is -0.000000318. The van der Waals surface area contributed by atoms with Gasteiger partial charge in [-0.15, -0.1) is 0 Å². The number of rotatable bonds is 41. The first-order valence-electron chi connectivity index (χ1n) is 23.3. The summed E-state index contributed by atoms with van der Waals surface area (Å²) in [6.45, 7) is -2.27. The molecule has 38 nitrogen and oxygen atoms in total. The summed E-state index contributed by atoms with van der Waals surface area (Å²) in [7, 11) is 0. The SMILES string of the molecule is NC(CC(=O)O)C(N)(CC(=O)O)CC(=O)O.NC(CC(=O)O)C(N)C(CC(=O)O)(CC(=O)O)CC(=O)O.NCCCC(=O)O.O=C(O)CCCCC(=O)O.O=C(O)CN(CCN(CC(=O)O)CC(=O)O)CCN(CC(=O)O)CC(=O)O. The van der Waals surface area contributed by atoms with Crippen molar-refractivity contribution in [3.8, 4) is 0 Å². The van der Waals surface area contributed by atoms with Crippen molar-refractivity contribution in [1.82, 2.24) is 14.7 Å². The minimum Gasteiger partial charge on any atom is -0.481 e. The second-order valence-corrected chi connectivity index (χ2v) is 17.4. The Morgan fingerprint density at radius 3 is 0.815 bits per heavy atom. The van der Waals surface area contributed by atoms with Gasteiger partial charge in [0.2, 0.25) is 0 Å². The molecule has 0 rings (SSSR count). The molecule has 0 saturated heterocycles. The molecule has 38 heteroatoms. The van der Waals surface area contributed by atoms with Gasteiger partial charge in [-0.25, -0.2) is 0 Å². The summed E-state index contributed by atoms with van der Waals surface area (Å²) in [5.74, 6) is -18.3. The van der Waals surface area contributed by atoms with E-state index in [4.69, 9.17) is 105 Å². The highest BCUT2D eigenvalue weighted by Crippen LogP contribution is 2.36. The third kappa shape index (κ3) is 52.2. The van der Waals surface area contributed by atoms with E-state index in [1.807, 2.05) is 0 Å². The van der Waals surface area contributed by atoms with E-state index >= 15 is 0 Å². The largest absolute Gasteiger partial charge is 0.481 e. The van der Waals surface area contributed by atoms with Crippen LogP contribution in [0.25, 0.3) is 0 Å². The van der Waals surface area contributed by atoms with Crippen LogP contribution in [0.4, 0.5) is 0 Å². The highest BCUT2D eigenvalue weighted by atomic mass is 16.4. The maximum Gasteiger partial charge on any atom is 0.317 e. The molecule has 0 saturated carbocycles. The minimum absolute atomic E-state index is 0.000836. The zero-order valence-electron chi connectivity index (χ0n) is 43.6. The maximum atomic E-state index is 11.0. The predicted molar refractivity (Wildman–Crippen MR) is 266 cm³/mol. The normalized spacial score (nSPS) is 11.9. The van der Waals surface area contributed by atoms with Gasteiger partial charge in [0.05, 0.1) is 83.2 Å². The van der Waals surface area contributed by atoms with Crippen LogP contribution in [-0.4, -0.2) is 270 Å². The third-order valence-electron chi connectivity index (χ3n) is 10.1. The van der Waals surface area contributed by atoms with E-state index < -0.39 is 196 Å². The lowest BCUT2D eigenvalue weighted by atomic mass is 9.69. The number of hydrogen-bond acceptors (Lipinski definition) is 23. The summed E-state index contributed by atoms with van der Waals surface area (Å²) in [6, 6.07) is -3.94. The summed E-state index contributed by atoms with van der Waals surface area (Å²) in [5.41, 5.74) is 23.6. The Kier molecular flexibility index (Phi) is 44.9. The molecule has 0 aromatic heterocycles. The van der Waals surface area contributed by atoms with Crippen LogP contribution in [0.2, 0.25) is 0 Å². The van der Waals surface area contributed by atoms with Crippen LogP contribution in [0.15, 0.2) is 0 Å². The van der Waals surface area contributed by atoms with Gasteiger partial charge < -0.3 is 105 Å². The van der Waals surface area contributed by atoms with Crippen LogP contribution < -0.4 is 28.7 Å². The molecule has 466 valence electrons. The smallest absolute Gasteiger partial charge is 0.317 e. The van der Waals surface area contributed by atoms with Gasteiger partial charge in [0.1, 0.15) is 0 Å². The highest BCUT2D eigenvalue weighted by molar-refractivity contribution is 5.77. The van der Waals surface area contributed by atoms with Crippen molar-refractivity contribution in [3.63, 3.8) is 0 Å². The molecule has 3 unspecified atom stereocenters. The monoisotopic (exact) mass is 1180 g/mol. The quantitative estimate of drug-likeness (QED) is 0.0254. The fourth-order valence-electron chi connectivity index (χ4n) is 6.53. The topological polar surface area (TPSA) is 699 Å². The lowest BCUT2D eigenvalue weighted by molar-refractivity contribution is -0.150. The Hall–Kier alpha value is -8.27. The van der Waals surface area contributed by atoms with E-state index in [0.717, 1.165) is 9.80 Å². The molecular weight excluding hydrogens is 1110 g/mol. The Bertz CT molecular complexity index is 1950. The van der Waals surface area contributed by atoms with Crippen molar-refractivity contribution in [1.29, 1.82) is 0 Å². The molecule has 0 aliphatic carbocycles. The molecule has 0 radical (unpaired) electrons. The number of unbranched alkanes of at least 4 members (excludes halogenated alkanes) is 1. The Morgan fingerprint density at radius 2 is 0.593 bits per heavy atom. The van der Waals surface area contributed by atoms with E-state index in [1.54, 1.807) is 0 Å². The second-order valence-electron chi connectivity index (χ2n) is 17.4. The summed E-state index contributed by atoms with van der Waals surface area (Å²) in [4.78, 5) is 162. The van der Waals surface area contributed by atoms with Crippen LogP contribution in [0.1, 0.15) is 83.5 Å². The zero-order valence-corrected chi connectivity index (χ0v) is 43.6. The van der Waals surface area contributed by atoms with E-state index in [9.17, 15) is 71.9 Å². The van der Waals surface area contributed by atoms with Crippen molar-refractivity contribution >= 4 is 89.5 Å². The lowest BCUT2D eigenvalue weighted by Gasteiger charge is -2.38. The number of aliphatic carboxylic acids is 15. The van der Waals surface area contributed by atoms with Crippen LogP contribution >= 0.6 is 0 Å². The van der Waals surface area contributed by atoms with Gasteiger partial charge in [-0.3, -0.25) is 86.6 Å². The zero-order chi connectivity index (χ0) is 64.4. The second kappa shape index (κ2) is 44.6. The molecule has 81 heavy (non-hydrogen) atoms. The molecule has 0 spiro atoms. The average Bonchev–Trinajstić information content (AvgIpc) is 3.25. The first kappa shape index (κ1) is 81.6. The van der Waals surface area contributed by atoms with Gasteiger partial charge in [-0.2, -0.15) is 0 Å². The van der Waals surface area contributed by atoms with Crippen molar-refractivity contribution in [3.05, 3.63) is 0 Å². The predicted octanol–water partition coefficient (Wildman–Crippen LogP) is -5.20. The molecule has 0 amide bonds. The van der Waals surface area contributed by atoms with Crippen LogP contribution in [0.3, 0.4) is 0 Å². The average molecular weight is 1180 g/mol. The van der Waals surface area contributed by atoms with Crippen molar-refractivity contribution in [2.45, 2.75) is 107 Å². The molecule has 0 aromatic rings. The van der Waals surface area contributed by atoms with Crippen molar-refractivity contribution < 1.29 is 149 Å². The Labute approximate surface area is 458 Å². The molecule has 0 bridgehead atoms. The molecule has 0 fully saturated rings. The summed E-state index contributed by atoms with van der Waals surface area (Å²) < 4.78 is 0. The van der Waals surface area contributed by atoms with E-state index in [1.165, 1.54) is 4.90 Å². The minimum atomic E-state index is -1.88. The number of carbonyl (C=O) groups is 15. The number of carboxylic acids is 15. The molecule has 0 heterocycles. The molecule has 0 aliphatic heterocycles. The summed E-state index contributed by atoms with van der Waals surface area (Å²) in [6.07, 6.45) is -3.38.